The van der Waals surface area contributed by atoms with E-state index >= 15 is 0 Å². The molecule has 1 atom stereocenters. The van der Waals surface area contributed by atoms with Gasteiger partial charge in [-0.15, -0.1) is 0 Å². The van der Waals surface area contributed by atoms with Crippen LogP contribution in [0.2, 0.25) is 0 Å². The predicted molar refractivity (Wildman–Crippen MR) is 88.4 cm³/mol. The molecule has 0 radical (unpaired) electrons. The standard InChI is InChI=1S/C16H22N6O2/c1-20-7-3-5-16(15(20)24)6-4-8-22(16)10-12-18-13-11(14(23)19-12)9-17-21(13)2/h9H,3-8,10H2,1-2H3,(H,18,19,23). The van der Waals surface area contributed by atoms with E-state index in [1.165, 1.54) is 6.20 Å². The number of carbonyl (C=O) groups excluding carboxylic acids is 1. The quantitative estimate of drug-likeness (QED) is 0.852. The molecule has 0 aromatic carbocycles. The lowest BCUT2D eigenvalue weighted by molar-refractivity contribution is -0.146. The number of piperidine rings is 1. The van der Waals surface area contributed by atoms with Crippen molar-refractivity contribution in [2.75, 3.05) is 20.1 Å². The van der Waals surface area contributed by atoms with Gasteiger partial charge in [0.05, 0.1) is 12.7 Å². The molecule has 24 heavy (non-hydrogen) atoms. The third-order valence-electron chi connectivity index (χ3n) is 5.44. The first-order valence-electron chi connectivity index (χ1n) is 8.43. The van der Waals surface area contributed by atoms with Crippen molar-refractivity contribution in [3.63, 3.8) is 0 Å². The molecule has 8 nitrogen and oxygen atoms in total. The molecule has 0 bridgehead atoms. The summed E-state index contributed by atoms with van der Waals surface area (Å²) in [5.74, 6) is 0.800. The van der Waals surface area contributed by atoms with Crippen LogP contribution < -0.4 is 5.56 Å². The lowest BCUT2D eigenvalue weighted by atomic mass is 9.85. The number of nitrogens with zero attached hydrogens (tertiary/aromatic N) is 5. The first-order chi connectivity index (χ1) is 11.5. The van der Waals surface area contributed by atoms with Crippen molar-refractivity contribution in [3.8, 4) is 0 Å². The molecule has 2 aromatic heterocycles. The summed E-state index contributed by atoms with van der Waals surface area (Å²) in [7, 11) is 3.65. The highest BCUT2D eigenvalue weighted by molar-refractivity contribution is 5.87. The Hall–Kier alpha value is -2.22. The van der Waals surface area contributed by atoms with Crippen molar-refractivity contribution in [2.45, 2.75) is 37.8 Å². The number of hydrogen-bond acceptors (Lipinski definition) is 5. The lowest BCUT2D eigenvalue weighted by Gasteiger charge is -2.43. The van der Waals surface area contributed by atoms with E-state index in [0.717, 1.165) is 38.8 Å². The Morgan fingerprint density at radius 1 is 1.21 bits per heavy atom. The Balaban J connectivity index is 1.68. The molecule has 8 heteroatoms. The van der Waals surface area contributed by atoms with Crippen molar-refractivity contribution >= 4 is 16.9 Å². The van der Waals surface area contributed by atoms with E-state index in [9.17, 15) is 9.59 Å². The van der Waals surface area contributed by atoms with Crippen molar-refractivity contribution < 1.29 is 4.79 Å². The average Bonchev–Trinajstić information content (AvgIpc) is 3.11. The molecular weight excluding hydrogens is 308 g/mol. The Morgan fingerprint density at radius 3 is 2.75 bits per heavy atom. The van der Waals surface area contributed by atoms with Crippen LogP contribution in [0.3, 0.4) is 0 Å². The van der Waals surface area contributed by atoms with Crippen LogP contribution in [0.25, 0.3) is 11.0 Å². The second-order valence-corrected chi connectivity index (χ2v) is 6.91. The van der Waals surface area contributed by atoms with Gasteiger partial charge in [0.2, 0.25) is 5.91 Å². The van der Waals surface area contributed by atoms with Gasteiger partial charge in [0.25, 0.3) is 5.56 Å². The fourth-order valence-electron chi connectivity index (χ4n) is 4.20. The van der Waals surface area contributed by atoms with E-state index in [1.807, 2.05) is 11.9 Å². The van der Waals surface area contributed by atoms with Gasteiger partial charge in [-0.2, -0.15) is 5.10 Å². The minimum absolute atomic E-state index is 0.177. The van der Waals surface area contributed by atoms with Crippen molar-refractivity contribution in [2.24, 2.45) is 7.05 Å². The van der Waals surface area contributed by atoms with Gasteiger partial charge in [0, 0.05) is 20.6 Å². The van der Waals surface area contributed by atoms with Crippen LogP contribution in [0.4, 0.5) is 0 Å². The Kier molecular flexibility index (Phi) is 3.45. The Labute approximate surface area is 139 Å². The summed E-state index contributed by atoms with van der Waals surface area (Å²) in [5, 5.41) is 4.59. The van der Waals surface area contributed by atoms with Crippen molar-refractivity contribution in [3.05, 3.63) is 22.4 Å². The summed E-state index contributed by atoms with van der Waals surface area (Å²) in [6.07, 6.45) is 5.31. The topological polar surface area (TPSA) is 87.1 Å². The van der Waals surface area contributed by atoms with Gasteiger partial charge in [-0.25, -0.2) is 4.98 Å². The van der Waals surface area contributed by atoms with Gasteiger partial charge in [0.1, 0.15) is 16.7 Å². The Morgan fingerprint density at radius 2 is 1.96 bits per heavy atom. The number of fused-ring (bicyclic) bond motifs is 1. The first-order valence-corrected chi connectivity index (χ1v) is 8.43. The van der Waals surface area contributed by atoms with E-state index in [4.69, 9.17) is 0 Å². The predicted octanol–water partition coefficient (Wildman–Crippen LogP) is 0.243. The van der Waals surface area contributed by atoms with Crippen LogP contribution in [0.15, 0.2) is 11.0 Å². The summed E-state index contributed by atoms with van der Waals surface area (Å²) in [6.45, 7) is 2.16. The van der Waals surface area contributed by atoms with Crippen molar-refractivity contribution in [1.82, 2.24) is 29.5 Å². The second kappa shape index (κ2) is 5.41. The van der Waals surface area contributed by atoms with Gasteiger partial charge >= 0.3 is 0 Å². The maximum Gasteiger partial charge on any atom is 0.262 e. The number of aryl methyl sites for hydroxylation is 1. The van der Waals surface area contributed by atoms with Crippen LogP contribution >= 0.6 is 0 Å². The van der Waals surface area contributed by atoms with Crippen LogP contribution in [0.5, 0.6) is 0 Å². The van der Waals surface area contributed by atoms with E-state index in [1.54, 1.807) is 11.7 Å². The van der Waals surface area contributed by atoms with Crippen molar-refractivity contribution in [1.29, 1.82) is 0 Å². The normalized spacial score (nSPS) is 25.2. The van der Waals surface area contributed by atoms with E-state index in [-0.39, 0.29) is 11.5 Å². The molecule has 0 aliphatic carbocycles. The number of likely N-dealkylation sites (N-methyl/N-ethyl adjacent to an activating group) is 1. The SMILES string of the molecule is CN1CCCC2(CCCN2Cc2nc3c(cnn3C)c(=O)[nH]2)C1=O. The highest BCUT2D eigenvalue weighted by Gasteiger charge is 2.50. The fourth-order valence-corrected chi connectivity index (χ4v) is 4.20. The molecule has 0 saturated carbocycles. The van der Waals surface area contributed by atoms with Crippen LogP contribution in [0.1, 0.15) is 31.5 Å². The number of likely N-dealkylation sites (tertiary alicyclic amines) is 2. The molecular formula is C16H22N6O2. The zero-order valence-electron chi connectivity index (χ0n) is 14.1. The maximum absolute atomic E-state index is 12.8. The second-order valence-electron chi connectivity index (χ2n) is 6.91. The number of aromatic amines is 1. The minimum atomic E-state index is -0.424. The number of hydrogen-bond donors (Lipinski definition) is 1. The maximum atomic E-state index is 12.8. The number of rotatable bonds is 2. The van der Waals surface area contributed by atoms with Gasteiger partial charge in [0.15, 0.2) is 5.65 Å². The average molecular weight is 330 g/mol. The lowest BCUT2D eigenvalue weighted by Crippen LogP contribution is -2.58. The van der Waals surface area contributed by atoms with Crippen LogP contribution in [0, 0.1) is 0 Å². The molecule has 2 aromatic rings. The monoisotopic (exact) mass is 330 g/mol. The molecule has 2 saturated heterocycles. The first kappa shape index (κ1) is 15.3. The summed E-state index contributed by atoms with van der Waals surface area (Å²) in [5.41, 5.74) is -0.0231. The third-order valence-corrected chi connectivity index (χ3v) is 5.44. The number of aromatic nitrogens is 4. The molecule has 2 aliphatic heterocycles. The van der Waals surface area contributed by atoms with E-state index in [2.05, 4.69) is 20.0 Å². The molecule has 128 valence electrons. The number of H-pyrrole nitrogens is 1. The highest BCUT2D eigenvalue weighted by atomic mass is 16.2. The van der Waals surface area contributed by atoms with Crippen LogP contribution in [-0.4, -0.2) is 61.1 Å². The Bertz CT molecular complexity index is 856. The summed E-state index contributed by atoms with van der Waals surface area (Å²) >= 11 is 0. The number of amides is 1. The van der Waals surface area contributed by atoms with E-state index < -0.39 is 5.54 Å². The summed E-state index contributed by atoms with van der Waals surface area (Å²) in [4.78, 5) is 36.5. The molecule has 1 amide bonds. The number of carbonyl (C=O) groups is 1. The highest BCUT2D eigenvalue weighted by Crippen LogP contribution is 2.38. The molecule has 1 unspecified atom stereocenters. The molecule has 4 heterocycles. The zero-order valence-corrected chi connectivity index (χ0v) is 14.1. The third kappa shape index (κ3) is 2.16. The summed E-state index contributed by atoms with van der Waals surface area (Å²) in [6, 6.07) is 0. The van der Waals surface area contributed by atoms with Gasteiger partial charge in [-0.1, -0.05) is 0 Å². The van der Waals surface area contributed by atoms with Gasteiger partial charge in [-0.3, -0.25) is 19.2 Å². The molecule has 1 spiro atoms. The van der Waals surface area contributed by atoms with Gasteiger partial charge < -0.3 is 9.88 Å². The fraction of sp³-hybridized carbons (Fsp3) is 0.625. The minimum Gasteiger partial charge on any atom is -0.344 e. The largest absolute Gasteiger partial charge is 0.344 e. The van der Waals surface area contributed by atoms with E-state index in [0.29, 0.717) is 23.4 Å². The molecule has 4 rings (SSSR count). The summed E-state index contributed by atoms with van der Waals surface area (Å²) < 4.78 is 1.60. The van der Waals surface area contributed by atoms with Crippen LogP contribution in [-0.2, 0) is 18.4 Å². The molecule has 2 aliphatic rings. The zero-order chi connectivity index (χ0) is 16.9. The smallest absolute Gasteiger partial charge is 0.262 e. The number of nitrogens with one attached hydrogen (secondary N) is 1. The molecule has 1 N–H and O–H groups in total. The molecule has 2 fully saturated rings. The van der Waals surface area contributed by atoms with Gasteiger partial charge in [-0.05, 0) is 32.2 Å².